The number of hydrogen-bond acceptors (Lipinski definition) is 4. The number of halogens is 1. The van der Waals surface area contributed by atoms with E-state index in [1.807, 2.05) is 24.4 Å². The van der Waals surface area contributed by atoms with Crippen molar-refractivity contribution < 1.29 is 0 Å². The Morgan fingerprint density at radius 1 is 1.31 bits per heavy atom. The van der Waals surface area contributed by atoms with Crippen LogP contribution in [0, 0.1) is 0 Å². The minimum atomic E-state index is 0.615. The molecule has 0 atom stereocenters. The summed E-state index contributed by atoms with van der Waals surface area (Å²) in [4.78, 5) is 5.31. The monoisotopic (exact) mass is 250 g/mol. The third-order valence-electron chi connectivity index (χ3n) is 2.19. The van der Waals surface area contributed by atoms with Crippen molar-refractivity contribution in [1.82, 2.24) is 14.6 Å². The van der Waals surface area contributed by atoms with Gasteiger partial charge in [-0.05, 0) is 24.3 Å². The molecular formula is C10H7ClN4S. The van der Waals surface area contributed by atoms with Crippen LogP contribution in [0.4, 0.5) is 5.69 Å². The van der Waals surface area contributed by atoms with Crippen molar-refractivity contribution in [2.45, 2.75) is 0 Å². The van der Waals surface area contributed by atoms with Gasteiger partial charge in [0.2, 0.25) is 0 Å². The summed E-state index contributed by atoms with van der Waals surface area (Å²) in [7, 11) is 0. The van der Waals surface area contributed by atoms with E-state index in [9.17, 15) is 0 Å². The molecule has 0 saturated carbocycles. The number of nitrogens with two attached hydrogens (primary N) is 1. The normalized spacial score (nSPS) is 11.1. The maximum atomic E-state index is 5.87. The average molecular weight is 251 g/mol. The number of fused-ring (bicyclic) bond motifs is 1. The molecule has 3 rings (SSSR count). The Hall–Kier alpha value is -1.59. The predicted octanol–water partition coefficient (Wildman–Crippen LogP) is 2.69. The first kappa shape index (κ1) is 9.62. The van der Waals surface area contributed by atoms with Gasteiger partial charge in [0.25, 0.3) is 0 Å². The smallest absolute Gasteiger partial charge is 0.192 e. The summed E-state index contributed by atoms with van der Waals surface area (Å²) < 4.78 is 2.39. The van der Waals surface area contributed by atoms with E-state index < -0.39 is 0 Å². The van der Waals surface area contributed by atoms with Crippen molar-refractivity contribution in [2.75, 3.05) is 5.73 Å². The molecule has 3 aromatic rings. The third-order valence-corrected chi connectivity index (χ3v) is 3.41. The molecule has 0 saturated heterocycles. The van der Waals surface area contributed by atoms with E-state index in [0.29, 0.717) is 17.2 Å². The zero-order chi connectivity index (χ0) is 11.1. The maximum Gasteiger partial charge on any atom is 0.192 e. The van der Waals surface area contributed by atoms with E-state index in [0.717, 1.165) is 9.21 Å². The molecule has 80 valence electrons. The van der Waals surface area contributed by atoms with Crippen molar-refractivity contribution in [1.29, 1.82) is 0 Å². The molecule has 0 aromatic carbocycles. The first-order valence-corrected chi connectivity index (χ1v) is 5.80. The van der Waals surface area contributed by atoms with E-state index >= 15 is 0 Å². The second kappa shape index (κ2) is 3.47. The van der Waals surface area contributed by atoms with Gasteiger partial charge in [-0.25, -0.2) is 9.50 Å². The van der Waals surface area contributed by atoms with Crippen LogP contribution in [-0.4, -0.2) is 14.6 Å². The first-order chi connectivity index (χ1) is 7.74. The fourth-order valence-electron chi connectivity index (χ4n) is 1.47. The Labute approximate surface area is 100 Å². The Kier molecular flexibility index (Phi) is 2.08. The standard InChI is InChI=1S/C10H7ClN4S/c11-8-4-3-7(16-8)9-13-10-6(12)2-1-5-15(10)14-9/h1-5H,12H2. The number of thiophene rings is 1. The highest BCUT2D eigenvalue weighted by molar-refractivity contribution is 7.19. The zero-order valence-electron chi connectivity index (χ0n) is 8.09. The van der Waals surface area contributed by atoms with E-state index in [1.54, 1.807) is 10.6 Å². The molecule has 4 nitrogen and oxygen atoms in total. The molecule has 6 heteroatoms. The highest BCUT2D eigenvalue weighted by Gasteiger charge is 2.09. The number of hydrogen-bond donors (Lipinski definition) is 1. The summed E-state index contributed by atoms with van der Waals surface area (Å²) in [5, 5.41) is 4.33. The maximum absolute atomic E-state index is 5.87. The molecule has 0 aliphatic heterocycles. The average Bonchev–Trinajstić information content (AvgIpc) is 2.84. The Morgan fingerprint density at radius 3 is 2.88 bits per heavy atom. The van der Waals surface area contributed by atoms with Crippen LogP contribution in [0.15, 0.2) is 30.5 Å². The Balaban J connectivity index is 2.22. The molecule has 0 amide bonds. The van der Waals surface area contributed by atoms with Gasteiger partial charge in [-0.2, -0.15) is 0 Å². The van der Waals surface area contributed by atoms with Crippen LogP contribution in [0.5, 0.6) is 0 Å². The molecular weight excluding hydrogens is 244 g/mol. The number of nitrogens with zero attached hydrogens (tertiary/aromatic N) is 3. The fraction of sp³-hybridized carbons (Fsp3) is 0. The molecule has 16 heavy (non-hydrogen) atoms. The van der Waals surface area contributed by atoms with Crippen molar-refractivity contribution in [3.8, 4) is 10.7 Å². The minimum absolute atomic E-state index is 0.615. The number of rotatable bonds is 1. The number of pyridine rings is 1. The lowest BCUT2D eigenvalue weighted by molar-refractivity contribution is 0.968. The molecule has 3 heterocycles. The van der Waals surface area contributed by atoms with Gasteiger partial charge in [-0.1, -0.05) is 11.6 Å². The van der Waals surface area contributed by atoms with Crippen LogP contribution in [0.1, 0.15) is 0 Å². The van der Waals surface area contributed by atoms with Crippen molar-refractivity contribution >= 4 is 34.3 Å². The van der Waals surface area contributed by atoms with Crippen LogP contribution in [0.2, 0.25) is 4.34 Å². The van der Waals surface area contributed by atoms with E-state index in [-0.39, 0.29) is 0 Å². The molecule has 0 bridgehead atoms. The van der Waals surface area contributed by atoms with E-state index in [1.165, 1.54) is 11.3 Å². The van der Waals surface area contributed by atoms with Crippen LogP contribution < -0.4 is 5.73 Å². The van der Waals surface area contributed by atoms with Gasteiger partial charge < -0.3 is 5.73 Å². The molecule has 0 aliphatic carbocycles. The first-order valence-electron chi connectivity index (χ1n) is 4.60. The lowest BCUT2D eigenvalue weighted by Crippen LogP contribution is -1.92. The van der Waals surface area contributed by atoms with Gasteiger partial charge in [-0.15, -0.1) is 16.4 Å². The summed E-state index contributed by atoms with van der Waals surface area (Å²) in [6, 6.07) is 7.37. The number of anilines is 1. The summed E-state index contributed by atoms with van der Waals surface area (Å²) in [5.41, 5.74) is 7.09. The quantitative estimate of drug-likeness (QED) is 0.722. The van der Waals surface area contributed by atoms with E-state index in [4.69, 9.17) is 17.3 Å². The highest BCUT2D eigenvalue weighted by Crippen LogP contribution is 2.29. The molecule has 0 fully saturated rings. The fourth-order valence-corrected chi connectivity index (χ4v) is 2.44. The lowest BCUT2D eigenvalue weighted by Gasteiger charge is -1.92. The van der Waals surface area contributed by atoms with Gasteiger partial charge in [0.1, 0.15) is 0 Å². The van der Waals surface area contributed by atoms with Crippen LogP contribution in [-0.2, 0) is 0 Å². The van der Waals surface area contributed by atoms with Crippen molar-refractivity contribution in [2.24, 2.45) is 0 Å². The SMILES string of the molecule is Nc1cccn2nc(-c3ccc(Cl)s3)nc12. The second-order valence-corrected chi connectivity index (χ2v) is 4.99. The summed E-state index contributed by atoms with van der Waals surface area (Å²) in [6.07, 6.45) is 1.82. The van der Waals surface area contributed by atoms with Gasteiger partial charge >= 0.3 is 0 Å². The summed E-state index contributed by atoms with van der Waals surface area (Å²) in [6.45, 7) is 0. The Morgan fingerprint density at radius 2 is 2.19 bits per heavy atom. The summed E-state index contributed by atoms with van der Waals surface area (Å²) >= 11 is 7.32. The van der Waals surface area contributed by atoms with E-state index in [2.05, 4.69) is 10.1 Å². The molecule has 0 aliphatic rings. The van der Waals surface area contributed by atoms with Gasteiger partial charge in [0.15, 0.2) is 11.5 Å². The van der Waals surface area contributed by atoms with Crippen molar-refractivity contribution in [3.05, 3.63) is 34.8 Å². The zero-order valence-corrected chi connectivity index (χ0v) is 9.66. The van der Waals surface area contributed by atoms with Crippen LogP contribution in [0.3, 0.4) is 0 Å². The molecule has 0 unspecified atom stereocenters. The van der Waals surface area contributed by atoms with Gasteiger partial charge in [0, 0.05) is 6.20 Å². The predicted molar refractivity (Wildman–Crippen MR) is 65.7 cm³/mol. The molecule has 0 radical (unpaired) electrons. The minimum Gasteiger partial charge on any atom is -0.396 e. The molecule has 0 spiro atoms. The Bertz CT molecular complexity index is 658. The number of nitrogen functional groups attached to an aromatic ring is 1. The third kappa shape index (κ3) is 1.45. The highest BCUT2D eigenvalue weighted by atomic mass is 35.5. The lowest BCUT2D eigenvalue weighted by atomic mass is 10.4. The van der Waals surface area contributed by atoms with Gasteiger partial charge in [-0.3, -0.25) is 0 Å². The molecule has 3 aromatic heterocycles. The van der Waals surface area contributed by atoms with Gasteiger partial charge in [0.05, 0.1) is 14.9 Å². The largest absolute Gasteiger partial charge is 0.396 e. The second-order valence-electron chi connectivity index (χ2n) is 3.27. The topological polar surface area (TPSA) is 56.2 Å². The van der Waals surface area contributed by atoms with Crippen LogP contribution >= 0.6 is 22.9 Å². The van der Waals surface area contributed by atoms with Crippen molar-refractivity contribution in [3.63, 3.8) is 0 Å². The molecule has 2 N–H and O–H groups in total. The number of aromatic nitrogens is 3. The van der Waals surface area contributed by atoms with Crippen LogP contribution in [0.25, 0.3) is 16.3 Å². The summed E-state index contributed by atoms with van der Waals surface area (Å²) in [5.74, 6) is 0.648.